The molecule has 0 fully saturated rings. The summed E-state index contributed by atoms with van der Waals surface area (Å²) in [6.45, 7) is 1.73. The molecule has 3 rings (SSSR count). The molecule has 8 nitrogen and oxygen atoms in total. The summed E-state index contributed by atoms with van der Waals surface area (Å²) in [5, 5.41) is 18.7. The average molecular weight is 323 g/mol. The Morgan fingerprint density at radius 2 is 1.79 bits per heavy atom. The van der Waals surface area contributed by atoms with Crippen molar-refractivity contribution in [1.29, 1.82) is 0 Å². The van der Waals surface area contributed by atoms with E-state index in [2.05, 4.69) is 15.2 Å². The molecule has 0 aliphatic carbocycles. The van der Waals surface area contributed by atoms with Crippen LogP contribution in [0.1, 0.15) is 6.92 Å². The lowest BCUT2D eigenvalue weighted by atomic mass is 10.2. The van der Waals surface area contributed by atoms with Crippen LogP contribution in [-0.2, 0) is 4.79 Å². The Balaban J connectivity index is 1.84. The number of benzene rings is 2. The summed E-state index contributed by atoms with van der Waals surface area (Å²) in [6, 6.07) is 14.9. The zero-order chi connectivity index (χ0) is 17.1. The Hall–Kier alpha value is -3.42. The average Bonchev–Trinajstić information content (AvgIpc) is 2.87. The highest BCUT2D eigenvalue weighted by Gasteiger charge is 2.34. The van der Waals surface area contributed by atoms with Gasteiger partial charge in [0.05, 0.1) is 10.6 Å². The molecule has 1 heterocycles. The molecule has 1 aliphatic heterocycles. The summed E-state index contributed by atoms with van der Waals surface area (Å²) >= 11 is 0. The number of nitro benzene ring substituents is 1. The minimum atomic E-state index is -0.873. The van der Waals surface area contributed by atoms with Gasteiger partial charge in [-0.1, -0.05) is 18.2 Å². The fourth-order valence-corrected chi connectivity index (χ4v) is 2.34. The highest BCUT2D eigenvalue weighted by molar-refractivity contribution is 6.13. The number of hydrogen-bond donors (Lipinski definition) is 0. The van der Waals surface area contributed by atoms with E-state index in [9.17, 15) is 14.9 Å². The van der Waals surface area contributed by atoms with Crippen molar-refractivity contribution in [3.05, 3.63) is 64.7 Å². The largest absolute Gasteiger partial charge is 0.297 e. The smallest absolute Gasteiger partial charge is 0.295 e. The van der Waals surface area contributed by atoms with Crippen molar-refractivity contribution in [1.82, 2.24) is 0 Å². The second kappa shape index (κ2) is 6.37. The van der Waals surface area contributed by atoms with Crippen LogP contribution in [0.4, 0.5) is 17.1 Å². The molecule has 8 heteroatoms. The van der Waals surface area contributed by atoms with Crippen molar-refractivity contribution in [3.63, 3.8) is 0 Å². The monoisotopic (exact) mass is 323 g/mol. The van der Waals surface area contributed by atoms with Gasteiger partial charge in [0.25, 0.3) is 11.6 Å². The van der Waals surface area contributed by atoms with Crippen molar-refractivity contribution in [2.75, 3.05) is 4.90 Å². The summed E-state index contributed by atoms with van der Waals surface area (Å²) in [6.07, 6.45) is -0.873. The Bertz CT molecular complexity index is 831. The molecular weight excluding hydrogens is 310 g/mol. The number of carbonyl (C=O) groups excluding carboxylic acids is 1. The van der Waals surface area contributed by atoms with Crippen molar-refractivity contribution in [3.8, 4) is 0 Å². The molecule has 24 heavy (non-hydrogen) atoms. The van der Waals surface area contributed by atoms with Gasteiger partial charge in [0.1, 0.15) is 5.84 Å². The first kappa shape index (κ1) is 15.5. The van der Waals surface area contributed by atoms with Crippen LogP contribution in [0, 0.1) is 10.1 Å². The van der Waals surface area contributed by atoms with Crippen LogP contribution < -0.4 is 4.90 Å². The molecule has 120 valence electrons. The Morgan fingerprint density at radius 1 is 1.12 bits per heavy atom. The number of aliphatic imine (C=N–C) groups is 1. The van der Waals surface area contributed by atoms with Crippen LogP contribution in [0.15, 0.2) is 69.8 Å². The van der Waals surface area contributed by atoms with Gasteiger partial charge in [0.2, 0.25) is 6.17 Å². The zero-order valence-corrected chi connectivity index (χ0v) is 12.7. The van der Waals surface area contributed by atoms with Crippen LogP contribution in [0.3, 0.4) is 0 Å². The molecule has 1 aliphatic rings. The lowest BCUT2D eigenvalue weighted by Gasteiger charge is -2.21. The lowest BCUT2D eigenvalue weighted by molar-refractivity contribution is -0.384. The second-order valence-corrected chi connectivity index (χ2v) is 5.07. The maximum absolute atomic E-state index is 12.1. The second-order valence-electron chi connectivity index (χ2n) is 5.07. The molecular formula is C16H13N5O3. The van der Waals surface area contributed by atoms with E-state index in [4.69, 9.17) is 0 Å². The number of nitro groups is 1. The summed E-state index contributed by atoms with van der Waals surface area (Å²) in [5.41, 5.74) is 1.18. The van der Waals surface area contributed by atoms with Crippen LogP contribution in [0.2, 0.25) is 0 Å². The van der Waals surface area contributed by atoms with Gasteiger partial charge in [-0.15, -0.1) is 0 Å². The number of amides is 1. The summed E-state index contributed by atoms with van der Waals surface area (Å²) in [4.78, 5) is 27.8. The molecule has 0 aromatic heterocycles. The quantitative estimate of drug-likeness (QED) is 0.488. The SMILES string of the molecule is CC1=NC(=O)[C@H](N=Nc2ccc([N+](=O)[O-])cc2)N1c1ccccc1. The molecule has 0 N–H and O–H groups in total. The third-order valence-corrected chi connectivity index (χ3v) is 3.46. The predicted octanol–water partition coefficient (Wildman–Crippen LogP) is 3.47. The van der Waals surface area contributed by atoms with E-state index in [-0.39, 0.29) is 5.69 Å². The fraction of sp³-hybridized carbons (Fsp3) is 0.125. The number of azo groups is 1. The molecule has 0 spiro atoms. The van der Waals surface area contributed by atoms with Gasteiger partial charge in [-0.25, -0.2) is 0 Å². The number of para-hydroxylation sites is 1. The molecule has 0 saturated heterocycles. The van der Waals surface area contributed by atoms with Gasteiger partial charge in [-0.05, 0) is 31.2 Å². The fourth-order valence-electron chi connectivity index (χ4n) is 2.34. The first-order valence-electron chi connectivity index (χ1n) is 7.15. The Morgan fingerprint density at radius 3 is 2.42 bits per heavy atom. The molecule has 0 radical (unpaired) electrons. The topological polar surface area (TPSA) is 101 Å². The molecule has 0 saturated carbocycles. The number of nitrogens with zero attached hydrogens (tertiary/aromatic N) is 5. The van der Waals surface area contributed by atoms with Crippen molar-refractivity contribution in [2.45, 2.75) is 13.1 Å². The number of rotatable bonds is 4. The van der Waals surface area contributed by atoms with E-state index in [1.54, 1.807) is 11.8 Å². The molecule has 1 atom stereocenters. The van der Waals surface area contributed by atoms with Gasteiger partial charge in [-0.3, -0.25) is 19.8 Å². The van der Waals surface area contributed by atoms with Crippen LogP contribution in [0.5, 0.6) is 0 Å². The predicted molar refractivity (Wildman–Crippen MR) is 88.4 cm³/mol. The minimum Gasteiger partial charge on any atom is -0.297 e. The van der Waals surface area contributed by atoms with E-state index >= 15 is 0 Å². The normalized spacial score (nSPS) is 17.4. The van der Waals surface area contributed by atoms with Gasteiger partial charge < -0.3 is 0 Å². The van der Waals surface area contributed by atoms with Crippen LogP contribution in [0.25, 0.3) is 0 Å². The Labute approximate surface area is 137 Å². The summed E-state index contributed by atoms with van der Waals surface area (Å²) in [5.74, 6) is 0.140. The van der Waals surface area contributed by atoms with E-state index < -0.39 is 17.0 Å². The van der Waals surface area contributed by atoms with E-state index in [0.29, 0.717) is 11.5 Å². The van der Waals surface area contributed by atoms with Crippen molar-refractivity contribution in [2.24, 2.45) is 15.2 Å². The first-order valence-corrected chi connectivity index (χ1v) is 7.15. The van der Waals surface area contributed by atoms with Crippen LogP contribution in [-0.4, -0.2) is 22.8 Å². The third-order valence-electron chi connectivity index (χ3n) is 3.46. The number of hydrogen-bond acceptors (Lipinski definition) is 6. The third kappa shape index (κ3) is 3.02. The highest BCUT2D eigenvalue weighted by atomic mass is 16.6. The lowest BCUT2D eigenvalue weighted by Crippen LogP contribution is -2.35. The molecule has 1 amide bonds. The minimum absolute atomic E-state index is 0.0315. The van der Waals surface area contributed by atoms with E-state index in [1.807, 2.05) is 30.3 Å². The van der Waals surface area contributed by atoms with Gasteiger partial charge in [0, 0.05) is 17.8 Å². The number of carbonyl (C=O) groups is 1. The zero-order valence-electron chi connectivity index (χ0n) is 12.7. The van der Waals surface area contributed by atoms with E-state index in [1.165, 1.54) is 24.3 Å². The maximum Gasteiger partial charge on any atom is 0.295 e. The van der Waals surface area contributed by atoms with Gasteiger partial charge in [-0.2, -0.15) is 15.2 Å². The maximum atomic E-state index is 12.1. The van der Waals surface area contributed by atoms with Crippen LogP contribution >= 0.6 is 0 Å². The highest BCUT2D eigenvalue weighted by Crippen LogP contribution is 2.25. The summed E-state index contributed by atoms with van der Waals surface area (Å²) in [7, 11) is 0. The number of anilines is 1. The van der Waals surface area contributed by atoms with E-state index in [0.717, 1.165) is 5.69 Å². The van der Waals surface area contributed by atoms with Crippen molar-refractivity contribution >= 4 is 28.8 Å². The first-order chi connectivity index (χ1) is 11.6. The molecule has 2 aromatic rings. The Kier molecular flexibility index (Phi) is 4.11. The molecule has 0 unspecified atom stereocenters. The number of non-ortho nitro benzene ring substituents is 1. The number of amidine groups is 1. The summed E-state index contributed by atoms with van der Waals surface area (Å²) < 4.78 is 0. The van der Waals surface area contributed by atoms with Crippen molar-refractivity contribution < 1.29 is 9.72 Å². The standard InChI is InChI=1S/C16H13N5O3/c1-11-17-16(22)15(20(11)13-5-3-2-4-6-13)19-18-12-7-9-14(10-8-12)21(23)24/h2-10,15H,1H3/t15-/m1/s1. The van der Waals surface area contributed by atoms with Gasteiger partial charge >= 0.3 is 0 Å². The molecule has 2 aromatic carbocycles. The van der Waals surface area contributed by atoms with Gasteiger partial charge in [0.15, 0.2) is 0 Å². The molecule has 0 bridgehead atoms.